The highest BCUT2D eigenvalue weighted by Crippen LogP contribution is 2.26. The van der Waals surface area contributed by atoms with Crippen molar-refractivity contribution in [3.63, 3.8) is 0 Å². The highest BCUT2D eigenvalue weighted by atomic mass is 15.0. The van der Waals surface area contributed by atoms with Gasteiger partial charge >= 0.3 is 0 Å². The number of hydrogen-bond acceptors (Lipinski definition) is 6. The molecule has 0 saturated carbocycles. The Balaban J connectivity index is 2.42. The normalized spacial score (nSPS) is 12.3. The van der Waals surface area contributed by atoms with Gasteiger partial charge in [0, 0.05) is 12.1 Å². The van der Waals surface area contributed by atoms with Crippen molar-refractivity contribution in [2.24, 2.45) is 0 Å². The van der Waals surface area contributed by atoms with Crippen LogP contribution in [0.5, 0.6) is 0 Å². The number of hydrogen-bond donors (Lipinski definition) is 2. The van der Waals surface area contributed by atoms with E-state index in [4.69, 9.17) is 11.5 Å². The first-order chi connectivity index (χ1) is 7.70. The Morgan fingerprint density at radius 1 is 1.12 bits per heavy atom. The molecule has 0 bridgehead atoms. The average Bonchev–Trinajstić information content (AvgIpc) is 2.33. The molecule has 0 radical (unpaired) electrons. The van der Waals surface area contributed by atoms with E-state index in [-0.39, 0.29) is 5.92 Å². The summed E-state index contributed by atoms with van der Waals surface area (Å²) in [6.07, 6.45) is 4.57. The van der Waals surface area contributed by atoms with E-state index < -0.39 is 0 Å². The number of anilines is 2. The van der Waals surface area contributed by atoms with E-state index in [0.29, 0.717) is 17.2 Å². The predicted octanol–water partition coefficient (Wildman–Crippen LogP) is 0.583. The minimum Gasteiger partial charge on any atom is -0.394 e. The summed E-state index contributed by atoms with van der Waals surface area (Å²) < 4.78 is 0. The van der Waals surface area contributed by atoms with E-state index in [1.807, 2.05) is 13.0 Å². The molecule has 2 heterocycles. The van der Waals surface area contributed by atoms with E-state index in [0.717, 1.165) is 5.69 Å². The fourth-order valence-electron chi connectivity index (χ4n) is 1.47. The van der Waals surface area contributed by atoms with Crippen LogP contribution in [0.15, 0.2) is 24.9 Å². The third-order valence-electron chi connectivity index (χ3n) is 2.40. The summed E-state index contributed by atoms with van der Waals surface area (Å²) in [5.74, 6) is 0.263. The fraction of sp³-hybridized carbons (Fsp3) is 0.200. The Hall–Kier alpha value is -2.24. The summed E-state index contributed by atoms with van der Waals surface area (Å²) >= 11 is 0. The van der Waals surface area contributed by atoms with Crippen LogP contribution in [0.1, 0.15) is 24.2 Å². The van der Waals surface area contributed by atoms with Crippen LogP contribution in [-0.2, 0) is 0 Å². The van der Waals surface area contributed by atoms with Crippen molar-refractivity contribution in [2.75, 3.05) is 11.5 Å². The van der Waals surface area contributed by atoms with Gasteiger partial charge in [-0.3, -0.25) is 0 Å². The molecule has 16 heavy (non-hydrogen) atoms. The first kappa shape index (κ1) is 10.3. The third-order valence-corrected chi connectivity index (χ3v) is 2.40. The van der Waals surface area contributed by atoms with Crippen LogP contribution >= 0.6 is 0 Å². The highest BCUT2D eigenvalue weighted by molar-refractivity contribution is 5.62. The summed E-state index contributed by atoms with van der Waals surface area (Å²) in [5.41, 5.74) is 13.4. The number of nitrogen functional groups attached to an aromatic ring is 2. The van der Waals surface area contributed by atoms with Crippen LogP contribution in [0, 0.1) is 0 Å². The predicted molar refractivity (Wildman–Crippen MR) is 60.4 cm³/mol. The van der Waals surface area contributed by atoms with E-state index in [2.05, 4.69) is 19.9 Å². The van der Waals surface area contributed by atoms with Gasteiger partial charge in [0.05, 0.1) is 17.1 Å². The van der Waals surface area contributed by atoms with Crippen molar-refractivity contribution in [3.05, 3.63) is 36.3 Å². The summed E-state index contributed by atoms with van der Waals surface area (Å²) in [4.78, 5) is 16.0. The quantitative estimate of drug-likeness (QED) is 0.761. The lowest BCUT2D eigenvalue weighted by atomic mass is 10.0. The smallest absolute Gasteiger partial charge is 0.150 e. The topological polar surface area (TPSA) is 104 Å². The van der Waals surface area contributed by atoms with Gasteiger partial charge in [-0.25, -0.2) is 19.9 Å². The van der Waals surface area contributed by atoms with Crippen molar-refractivity contribution in [3.8, 4) is 0 Å². The Morgan fingerprint density at radius 3 is 2.62 bits per heavy atom. The molecule has 1 unspecified atom stereocenters. The van der Waals surface area contributed by atoms with Crippen LogP contribution in [0.2, 0.25) is 0 Å². The number of nitrogens with zero attached hydrogens (tertiary/aromatic N) is 4. The zero-order valence-corrected chi connectivity index (χ0v) is 8.83. The SMILES string of the molecule is CC(c1ccncn1)c1ncnc(N)c1N. The third kappa shape index (κ3) is 1.77. The standard InChI is InChI=1S/C10H12N6/c1-6(7-2-3-13-4-14-7)9-8(11)10(12)16-5-15-9/h2-6H,11H2,1H3,(H2,12,15,16). The number of rotatable bonds is 2. The largest absolute Gasteiger partial charge is 0.394 e. The maximum atomic E-state index is 5.83. The fourth-order valence-corrected chi connectivity index (χ4v) is 1.47. The van der Waals surface area contributed by atoms with Crippen molar-refractivity contribution in [1.29, 1.82) is 0 Å². The summed E-state index contributed by atoms with van der Waals surface area (Å²) in [7, 11) is 0. The Labute approximate surface area is 92.8 Å². The van der Waals surface area contributed by atoms with E-state index in [1.54, 1.807) is 6.20 Å². The van der Waals surface area contributed by atoms with Crippen molar-refractivity contribution in [1.82, 2.24) is 19.9 Å². The lowest BCUT2D eigenvalue weighted by Gasteiger charge is -2.12. The summed E-state index contributed by atoms with van der Waals surface area (Å²) in [6.45, 7) is 1.96. The van der Waals surface area contributed by atoms with Crippen LogP contribution in [0.25, 0.3) is 0 Å². The van der Waals surface area contributed by atoms with Crippen LogP contribution in [0.3, 0.4) is 0 Å². The van der Waals surface area contributed by atoms with Gasteiger partial charge in [0.2, 0.25) is 0 Å². The van der Waals surface area contributed by atoms with Crippen LogP contribution in [0.4, 0.5) is 11.5 Å². The van der Waals surface area contributed by atoms with Gasteiger partial charge in [-0.2, -0.15) is 0 Å². The molecule has 0 saturated heterocycles. The molecule has 0 fully saturated rings. The van der Waals surface area contributed by atoms with Crippen molar-refractivity contribution in [2.45, 2.75) is 12.8 Å². The van der Waals surface area contributed by atoms with Crippen LogP contribution in [-0.4, -0.2) is 19.9 Å². The molecule has 0 aliphatic carbocycles. The van der Waals surface area contributed by atoms with Crippen molar-refractivity contribution >= 4 is 11.5 Å². The molecule has 0 spiro atoms. The molecule has 4 N–H and O–H groups in total. The molecular formula is C10H12N6. The zero-order valence-electron chi connectivity index (χ0n) is 8.83. The molecule has 0 aromatic carbocycles. The van der Waals surface area contributed by atoms with Gasteiger partial charge in [-0.05, 0) is 6.07 Å². The molecule has 1 atom stereocenters. The first-order valence-corrected chi connectivity index (χ1v) is 4.82. The van der Waals surface area contributed by atoms with Gasteiger partial charge < -0.3 is 11.5 Å². The second-order valence-electron chi connectivity index (χ2n) is 3.41. The van der Waals surface area contributed by atoms with Gasteiger partial charge in [-0.15, -0.1) is 0 Å². The minimum absolute atomic E-state index is 0.0340. The van der Waals surface area contributed by atoms with Crippen LogP contribution < -0.4 is 11.5 Å². The Morgan fingerprint density at radius 2 is 1.94 bits per heavy atom. The van der Waals surface area contributed by atoms with Gasteiger partial charge in [0.1, 0.15) is 18.5 Å². The molecule has 6 nitrogen and oxygen atoms in total. The lowest BCUT2D eigenvalue weighted by Crippen LogP contribution is -2.09. The first-order valence-electron chi connectivity index (χ1n) is 4.82. The maximum Gasteiger partial charge on any atom is 0.150 e. The molecule has 0 aliphatic rings. The zero-order chi connectivity index (χ0) is 11.5. The highest BCUT2D eigenvalue weighted by Gasteiger charge is 2.15. The second kappa shape index (κ2) is 4.09. The number of nitrogens with two attached hydrogens (primary N) is 2. The van der Waals surface area contributed by atoms with E-state index in [9.17, 15) is 0 Å². The molecular weight excluding hydrogens is 204 g/mol. The monoisotopic (exact) mass is 216 g/mol. The molecule has 2 aromatic heterocycles. The summed E-state index contributed by atoms with van der Waals surface area (Å²) in [6, 6.07) is 1.82. The molecule has 2 aromatic rings. The lowest BCUT2D eigenvalue weighted by molar-refractivity contribution is 0.821. The van der Waals surface area contributed by atoms with E-state index >= 15 is 0 Å². The van der Waals surface area contributed by atoms with Gasteiger partial charge in [0.25, 0.3) is 0 Å². The number of aromatic nitrogens is 4. The van der Waals surface area contributed by atoms with Crippen molar-refractivity contribution < 1.29 is 0 Å². The molecule has 0 amide bonds. The average molecular weight is 216 g/mol. The Bertz CT molecular complexity index is 484. The molecule has 2 rings (SSSR count). The maximum absolute atomic E-state index is 5.83. The molecule has 82 valence electrons. The van der Waals surface area contributed by atoms with E-state index in [1.165, 1.54) is 12.7 Å². The van der Waals surface area contributed by atoms with Gasteiger partial charge in [-0.1, -0.05) is 6.92 Å². The Kier molecular flexibility index (Phi) is 2.63. The summed E-state index contributed by atoms with van der Waals surface area (Å²) in [5, 5.41) is 0. The minimum atomic E-state index is -0.0340. The molecule has 0 aliphatic heterocycles. The molecule has 6 heteroatoms. The second-order valence-corrected chi connectivity index (χ2v) is 3.41. The van der Waals surface area contributed by atoms with Gasteiger partial charge in [0.15, 0.2) is 0 Å².